The summed E-state index contributed by atoms with van der Waals surface area (Å²) in [6.45, 7) is 0. The van der Waals surface area contributed by atoms with E-state index in [1.807, 2.05) is 78.3 Å². The van der Waals surface area contributed by atoms with Gasteiger partial charge in [0, 0.05) is 5.56 Å². The van der Waals surface area contributed by atoms with Gasteiger partial charge in [-0.25, -0.2) is 4.68 Å². The lowest BCUT2D eigenvalue weighted by molar-refractivity contribution is 0.103. The van der Waals surface area contributed by atoms with Crippen LogP contribution >= 0.6 is 11.3 Å². The highest BCUT2D eigenvalue weighted by atomic mass is 32.1. The van der Waals surface area contributed by atoms with Gasteiger partial charge in [0.05, 0.1) is 28.6 Å². The SMILES string of the molecule is O=C(Nc1cnn(-c2ccccc2)c1)c1sccc1-c1ccccc1. The first kappa shape index (κ1) is 15.4. The zero-order valence-corrected chi connectivity index (χ0v) is 14.1. The van der Waals surface area contributed by atoms with Crippen LogP contribution in [-0.2, 0) is 0 Å². The van der Waals surface area contributed by atoms with Crippen LogP contribution in [0.25, 0.3) is 16.8 Å². The van der Waals surface area contributed by atoms with Gasteiger partial charge in [-0.05, 0) is 29.1 Å². The van der Waals surface area contributed by atoms with Gasteiger partial charge in [-0.3, -0.25) is 4.79 Å². The standard InChI is InChI=1S/C20H15N3OS/c24-20(19-18(11-12-25-19)15-7-3-1-4-8-15)22-16-13-21-23(14-16)17-9-5-2-6-10-17/h1-14H,(H,22,24). The lowest BCUT2D eigenvalue weighted by Gasteiger charge is -2.04. The summed E-state index contributed by atoms with van der Waals surface area (Å²) in [5.41, 5.74) is 3.60. The van der Waals surface area contributed by atoms with Gasteiger partial charge in [-0.15, -0.1) is 11.3 Å². The zero-order chi connectivity index (χ0) is 17.1. The van der Waals surface area contributed by atoms with Crippen molar-refractivity contribution in [2.75, 3.05) is 5.32 Å². The van der Waals surface area contributed by atoms with Gasteiger partial charge in [0.1, 0.15) is 0 Å². The average Bonchev–Trinajstić information content (AvgIpc) is 3.33. The fourth-order valence-corrected chi connectivity index (χ4v) is 3.44. The Morgan fingerprint density at radius 2 is 1.68 bits per heavy atom. The van der Waals surface area contributed by atoms with Crippen LogP contribution in [0.1, 0.15) is 9.67 Å². The van der Waals surface area contributed by atoms with Crippen LogP contribution in [0.2, 0.25) is 0 Å². The number of amides is 1. The Labute approximate surface area is 149 Å². The number of aromatic nitrogens is 2. The molecule has 1 amide bonds. The predicted octanol–water partition coefficient (Wildman–Crippen LogP) is 4.85. The number of benzene rings is 2. The molecule has 0 spiro atoms. The van der Waals surface area contributed by atoms with Crippen LogP contribution in [0, 0.1) is 0 Å². The van der Waals surface area contributed by atoms with Gasteiger partial charge >= 0.3 is 0 Å². The Balaban J connectivity index is 1.56. The molecule has 2 aromatic carbocycles. The molecule has 0 aliphatic carbocycles. The van der Waals surface area contributed by atoms with Crippen molar-refractivity contribution in [2.24, 2.45) is 0 Å². The number of para-hydroxylation sites is 1. The maximum Gasteiger partial charge on any atom is 0.266 e. The first-order valence-electron chi connectivity index (χ1n) is 7.85. The van der Waals surface area contributed by atoms with Crippen molar-refractivity contribution in [3.63, 3.8) is 0 Å². The predicted molar refractivity (Wildman–Crippen MR) is 101 cm³/mol. The summed E-state index contributed by atoms with van der Waals surface area (Å²) in [4.78, 5) is 13.4. The van der Waals surface area contributed by atoms with Gasteiger partial charge in [0.2, 0.25) is 0 Å². The van der Waals surface area contributed by atoms with Gasteiger partial charge in [0.15, 0.2) is 0 Å². The molecule has 4 rings (SSSR count). The molecule has 122 valence electrons. The van der Waals surface area contributed by atoms with E-state index in [4.69, 9.17) is 0 Å². The van der Waals surface area contributed by atoms with Crippen LogP contribution in [0.3, 0.4) is 0 Å². The van der Waals surface area contributed by atoms with E-state index in [2.05, 4.69) is 10.4 Å². The Morgan fingerprint density at radius 3 is 2.44 bits per heavy atom. The van der Waals surface area contributed by atoms with Crippen molar-refractivity contribution in [1.82, 2.24) is 9.78 Å². The minimum absolute atomic E-state index is 0.124. The summed E-state index contributed by atoms with van der Waals surface area (Å²) in [7, 11) is 0. The summed E-state index contributed by atoms with van der Waals surface area (Å²) in [6, 6.07) is 21.7. The molecule has 25 heavy (non-hydrogen) atoms. The second-order valence-electron chi connectivity index (χ2n) is 5.49. The first-order valence-corrected chi connectivity index (χ1v) is 8.73. The Morgan fingerprint density at radius 1 is 0.960 bits per heavy atom. The zero-order valence-electron chi connectivity index (χ0n) is 13.3. The number of carbonyl (C=O) groups is 1. The molecular formula is C20H15N3OS. The van der Waals surface area contributed by atoms with Crippen LogP contribution < -0.4 is 5.32 Å². The molecule has 4 nitrogen and oxygen atoms in total. The molecule has 0 atom stereocenters. The van der Waals surface area contributed by atoms with E-state index in [1.54, 1.807) is 10.9 Å². The minimum atomic E-state index is -0.124. The van der Waals surface area contributed by atoms with Crippen LogP contribution in [0.4, 0.5) is 5.69 Å². The number of anilines is 1. The minimum Gasteiger partial charge on any atom is -0.319 e. The van der Waals surface area contributed by atoms with Crippen molar-refractivity contribution in [2.45, 2.75) is 0 Å². The number of nitrogens with one attached hydrogen (secondary N) is 1. The molecule has 1 N–H and O–H groups in total. The molecule has 0 fully saturated rings. The number of thiophene rings is 1. The Bertz CT molecular complexity index is 990. The summed E-state index contributed by atoms with van der Waals surface area (Å²) in [5, 5.41) is 9.17. The Hall–Kier alpha value is -3.18. The van der Waals surface area contributed by atoms with Crippen molar-refractivity contribution in [3.8, 4) is 16.8 Å². The summed E-state index contributed by atoms with van der Waals surface area (Å²) >= 11 is 1.44. The van der Waals surface area contributed by atoms with E-state index in [0.29, 0.717) is 10.6 Å². The van der Waals surface area contributed by atoms with Gasteiger partial charge in [-0.1, -0.05) is 48.5 Å². The van der Waals surface area contributed by atoms with Gasteiger partial charge in [0.25, 0.3) is 5.91 Å². The molecule has 0 aliphatic heterocycles. The maximum absolute atomic E-state index is 12.7. The number of rotatable bonds is 4. The van der Waals surface area contributed by atoms with Crippen molar-refractivity contribution < 1.29 is 4.79 Å². The largest absolute Gasteiger partial charge is 0.319 e. The van der Waals surface area contributed by atoms with E-state index in [1.165, 1.54) is 11.3 Å². The monoisotopic (exact) mass is 345 g/mol. The third-order valence-electron chi connectivity index (χ3n) is 3.82. The van der Waals surface area contributed by atoms with E-state index in [0.717, 1.165) is 16.8 Å². The third-order valence-corrected chi connectivity index (χ3v) is 4.73. The second-order valence-corrected chi connectivity index (χ2v) is 6.41. The Kier molecular flexibility index (Phi) is 4.14. The van der Waals surface area contributed by atoms with Crippen LogP contribution in [0.15, 0.2) is 84.5 Å². The van der Waals surface area contributed by atoms with Crippen molar-refractivity contribution >= 4 is 22.9 Å². The second kappa shape index (κ2) is 6.75. The molecule has 0 radical (unpaired) electrons. The van der Waals surface area contributed by atoms with Gasteiger partial charge < -0.3 is 5.32 Å². The average molecular weight is 345 g/mol. The number of hydrogen-bond acceptors (Lipinski definition) is 3. The summed E-state index contributed by atoms with van der Waals surface area (Å²) < 4.78 is 1.74. The highest BCUT2D eigenvalue weighted by molar-refractivity contribution is 7.12. The highest BCUT2D eigenvalue weighted by Gasteiger charge is 2.15. The molecular weight excluding hydrogens is 330 g/mol. The molecule has 2 aromatic heterocycles. The molecule has 5 heteroatoms. The molecule has 0 saturated carbocycles. The molecule has 0 saturated heterocycles. The van der Waals surface area contributed by atoms with Crippen molar-refractivity contribution in [1.29, 1.82) is 0 Å². The van der Waals surface area contributed by atoms with E-state index >= 15 is 0 Å². The molecule has 2 heterocycles. The number of carbonyl (C=O) groups excluding carboxylic acids is 1. The van der Waals surface area contributed by atoms with Crippen LogP contribution in [0.5, 0.6) is 0 Å². The summed E-state index contributed by atoms with van der Waals surface area (Å²) in [5.74, 6) is -0.124. The fraction of sp³-hybridized carbons (Fsp3) is 0. The van der Waals surface area contributed by atoms with E-state index < -0.39 is 0 Å². The quantitative estimate of drug-likeness (QED) is 0.574. The lowest BCUT2D eigenvalue weighted by Crippen LogP contribution is -2.10. The maximum atomic E-state index is 12.7. The smallest absolute Gasteiger partial charge is 0.266 e. The lowest BCUT2D eigenvalue weighted by atomic mass is 10.1. The van der Waals surface area contributed by atoms with Crippen molar-refractivity contribution in [3.05, 3.63) is 89.4 Å². The number of nitrogens with zero attached hydrogens (tertiary/aromatic N) is 2. The van der Waals surface area contributed by atoms with Gasteiger partial charge in [-0.2, -0.15) is 5.10 Å². The molecule has 4 aromatic rings. The topological polar surface area (TPSA) is 46.9 Å². The molecule has 0 aliphatic rings. The highest BCUT2D eigenvalue weighted by Crippen LogP contribution is 2.29. The van der Waals surface area contributed by atoms with E-state index in [-0.39, 0.29) is 5.91 Å². The molecule has 0 bridgehead atoms. The fourth-order valence-electron chi connectivity index (χ4n) is 2.63. The first-order chi connectivity index (χ1) is 12.3. The molecule has 0 unspecified atom stereocenters. The summed E-state index contributed by atoms with van der Waals surface area (Å²) in [6.07, 6.45) is 3.46. The normalized spacial score (nSPS) is 10.6. The van der Waals surface area contributed by atoms with Crippen LogP contribution in [-0.4, -0.2) is 15.7 Å². The van der Waals surface area contributed by atoms with E-state index in [9.17, 15) is 4.79 Å². The number of hydrogen-bond donors (Lipinski definition) is 1. The third kappa shape index (κ3) is 3.22.